The molecule has 4 fully saturated rings. The van der Waals surface area contributed by atoms with Gasteiger partial charge in [-0.2, -0.15) is 5.10 Å². The first kappa shape index (κ1) is 21.7. The van der Waals surface area contributed by atoms with Gasteiger partial charge in [0.15, 0.2) is 0 Å². The van der Waals surface area contributed by atoms with Gasteiger partial charge in [-0.05, 0) is 105 Å². The van der Waals surface area contributed by atoms with Crippen molar-refractivity contribution < 1.29 is 10.2 Å². The first-order valence-electron chi connectivity index (χ1n) is 12.8. The summed E-state index contributed by atoms with van der Waals surface area (Å²) in [6.45, 7) is 6.59. The molecular weight excluding hydrogens is 388 g/mol. The standard InChI is InChI=1S/C25H42N4O2/c1-23-10-8-19(30)16-18(23)5-6-21-20(23)9-11-24(2)17(7-12-25(21,24)31)4-3-13-28-29-22-26-14-15-27-22/h13,17-21,30-31H,3-12,14-16H2,1-2H3,(H2,26,27,29)/t17-,18+,19-,20-,21+,23-,24+,25-/m0/s1. The number of aliphatic hydroxyl groups excluding tert-OH is 1. The number of hydrogen-bond acceptors (Lipinski definition) is 6. The second-order valence-electron chi connectivity index (χ2n) is 11.7. The smallest absolute Gasteiger partial charge is 0.212 e. The van der Waals surface area contributed by atoms with Crippen molar-refractivity contribution in [2.45, 2.75) is 96.2 Å². The first-order valence-corrected chi connectivity index (χ1v) is 12.8. The zero-order valence-corrected chi connectivity index (χ0v) is 19.4. The number of hydrogen-bond donors (Lipinski definition) is 4. The van der Waals surface area contributed by atoms with Crippen molar-refractivity contribution in [3.63, 3.8) is 0 Å². The molecule has 0 amide bonds. The van der Waals surface area contributed by atoms with Gasteiger partial charge in [0.1, 0.15) is 0 Å². The predicted octanol–water partition coefficient (Wildman–Crippen LogP) is 3.44. The first-order chi connectivity index (χ1) is 14.9. The number of nitrogens with zero attached hydrogens (tertiary/aromatic N) is 2. The third kappa shape index (κ3) is 3.43. The van der Waals surface area contributed by atoms with Crippen LogP contribution in [0.25, 0.3) is 0 Å². The summed E-state index contributed by atoms with van der Waals surface area (Å²) >= 11 is 0. The molecule has 1 aliphatic heterocycles. The average Bonchev–Trinajstić information content (AvgIpc) is 3.35. The van der Waals surface area contributed by atoms with Crippen LogP contribution in [0.15, 0.2) is 10.1 Å². The third-order valence-corrected chi connectivity index (χ3v) is 10.6. The molecule has 0 aromatic rings. The molecule has 5 rings (SSSR count). The maximum atomic E-state index is 12.2. The van der Waals surface area contributed by atoms with Crippen LogP contribution in [0.3, 0.4) is 0 Å². The topological polar surface area (TPSA) is 89.2 Å². The molecule has 0 spiro atoms. The Labute approximate surface area is 187 Å². The van der Waals surface area contributed by atoms with E-state index in [4.69, 9.17) is 0 Å². The summed E-state index contributed by atoms with van der Waals surface area (Å²) in [6.07, 6.45) is 13.8. The van der Waals surface area contributed by atoms with E-state index in [0.29, 0.717) is 29.1 Å². The Balaban J connectivity index is 1.25. The van der Waals surface area contributed by atoms with Crippen LogP contribution in [0.5, 0.6) is 0 Å². The second kappa shape index (κ2) is 8.02. The molecule has 0 aromatic heterocycles. The van der Waals surface area contributed by atoms with Crippen LogP contribution < -0.4 is 10.7 Å². The van der Waals surface area contributed by atoms with Crippen molar-refractivity contribution in [1.29, 1.82) is 0 Å². The zero-order chi connectivity index (χ0) is 21.7. The molecule has 5 aliphatic rings. The number of guanidine groups is 1. The minimum Gasteiger partial charge on any atom is -0.393 e. The Hall–Kier alpha value is -1.14. The van der Waals surface area contributed by atoms with Crippen LogP contribution in [0, 0.1) is 34.5 Å². The molecule has 0 bridgehead atoms. The van der Waals surface area contributed by atoms with Crippen LogP contribution >= 0.6 is 0 Å². The van der Waals surface area contributed by atoms with E-state index in [2.05, 4.69) is 34.7 Å². The van der Waals surface area contributed by atoms with E-state index >= 15 is 0 Å². The second-order valence-corrected chi connectivity index (χ2v) is 11.7. The molecule has 4 aliphatic carbocycles. The van der Waals surface area contributed by atoms with Gasteiger partial charge >= 0.3 is 0 Å². The molecule has 174 valence electrons. The summed E-state index contributed by atoms with van der Waals surface area (Å²) in [7, 11) is 0. The Morgan fingerprint density at radius 2 is 2.00 bits per heavy atom. The predicted molar refractivity (Wildman–Crippen MR) is 124 cm³/mol. The van der Waals surface area contributed by atoms with E-state index in [-0.39, 0.29) is 11.5 Å². The van der Waals surface area contributed by atoms with Gasteiger partial charge in [0.25, 0.3) is 0 Å². The summed E-state index contributed by atoms with van der Waals surface area (Å²) in [5, 5.41) is 30.0. The lowest BCUT2D eigenvalue weighted by molar-refractivity contribution is -0.210. The molecule has 6 heteroatoms. The van der Waals surface area contributed by atoms with Gasteiger partial charge in [-0.25, -0.2) is 10.4 Å². The number of fused-ring (bicyclic) bond motifs is 5. The SMILES string of the molecule is C[C@]12CC[C@H](O)C[C@H]1CC[C@@H]1[C@@H]2CC[C@]2(C)[C@@H](CCC=NNC3=NCCN3)CC[C@]12O. The van der Waals surface area contributed by atoms with Crippen molar-refractivity contribution in [2.75, 3.05) is 13.1 Å². The third-order valence-electron chi connectivity index (χ3n) is 10.6. The summed E-state index contributed by atoms with van der Waals surface area (Å²) in [6, 6.07) is 0. The summed E-state index contributed by atoms with van der Waals surface area (Å²) in [4.78, 5) is 4.30. The average molecular weight is 431 g/mol. The van der Waals surface area contributed by atoms with Crippen LogP contribution in [0.2, 0.25) is 0 Å². The summed E-state index contributed by atoms with van der Waals surface area (Å²) < 4.78 is 0. The highest BCUT2D eigenvalue weighted by Gasteiger charge is 2.66. The van der Waals surface area contributed by atoms with Gasteiger partial charge in [0, 0.05) is 12.8 Å². The Morgan fingerprint density at radius 3 is 2.81 bits per heavy atom. The molecule has 4 saturated carbocycles. The quantitative estimate of drug-likeness (QED) is 0.406. The van der Waals surface area contributed by atoms with Gasteiger partial charge < -0.3 is 15.5 Å². The Morgan fingerprint density at radius 1 is 1.13 bits per heavy atom. The van der Waals surface area contributed by atoms with Crippen LogP contribution in [0.4, 0.5) is 0 Å². The van der Waals surface area contributed by atoms with Crippen LogP contribution in [-0.4, -0.2) is 47.2 Å². The maximum Gasteiger partial charge on any atom is 0.212 e. The van der Waals surface area contributed by atoms with Crippen molar-refractivity contribution in [3.05, 3.63) is 0 Å². The van der Waals surface area contributed by atoms with Gasteiger partial charge in [-0.1, -0.05) is 13.8 Å². The lowest BCUT2D eigenvalue weighted by atomic mass is 9.43. The monoisotopic (exact) mass is 430 g/mol. The highest BCUT2D eigenvalue weighted by atomic mass is 16.3. The van der Waals surface area contributed by atoms with Crippen LogP contribution in [0.1, 0.15) is 84.5 Å². The number of hydrazone groups is 1. The van der Waals surface area contributed by atoms with Gasteiger partial charge in [0.05, 0.1) is 18.2 Å². The van der Waals surface area contributed by atoms with Crippen molar-refractivity contribution in [2.24, 2.45) is 44.6 Å². The molecule has 0 radical (unpaired) electrons. The summed E-state index contributed by atoms with van der Waals surface area (Å²) in [5.41, 5.74) is 2.82. The summed E-state index contributed by atoms with van der Waals surface area (Å²) in [5.74, 6) is 3.06. The molecule has 1 heterocycles. The highest BCUT2D eigenvalue weighted by molar-refractivity contribution is 5.81. The van der Waals surface area contributed by atoms with Crippen LogP contribution in [-0.2, 0) is 0 Å². The van der Waals surface area contributed by atoms with E-state index in [1.165, 1.54) is 12.8 Å². The lowest BCUT2D eigenvalue weighted by Crippen LogP contribution is -2.62. The van der Waals surface area contributed by atoms with Gasteiger partial charge in [0.2, 0.25) is 5.96 Å². The van der Waals surface area contributed by atoms with Crippen molar-refractivity contribution >= 4 is 12.2 Å². The number of rotatable bonds is 4. The molecule has 0 aromatic carbocycles. The normalized spacial score (nSPS) is 49.2. The number of nitrogens with one attached hydrogen (secondary N) is 2. The van der Waals surface area contributed by atoms with E-state index in [1.807, 2.05) is 6.21 Å². The van der Waals surface area contributed by atoms with E-state index in [1.54, 1.807) is 0 Å². The molecule has 0 unspecified atom stereocenters. The van der Waals surface area contributed by atoms with Gasteiger partial charge in [-0.15, -0.1) is 0 Å². The molecule has 31 heavy (non-hydrogen) atoms. The number of aliphatic imine (C=N–C) groups is 1. The van der Waals surface area contributed by atoms with Gasteiger partial charge in [-0.3, -0.25) is 0 Å². The molecular formula is C25H42N4O2. The minimum absolute atomic E-state index is 0.0317. The van der Waals surface area contributed by atoms with Crippen molar-refractivity contribution in [3.8, 4) is 0 Å². The van der Waals surface area contributed by atoms with E-state index < -0.39 is 5.60 Å². The van der Waals surface area contributed by atoms with E-state index in [9.17, 15) is 10.2 Å². The molecule has 0 saturated heterocycles. The maximum absolute atomic E-state index is 12.2. The fourth-order valence-corrected chi connectivity index (χ4v) is 8.70. The minimum atomic E-state index is -0.511. The van der Waals surface area contributed by atoms with E-state index in [0.717, 1.165) is 76.8 Å². The molecule has 6 nitrogen and oxygen atoms in total. The highest BCUT2D eigenvalue weighted by Crippen LogP contribution is 2.69. The largest absolute Gasteiger partial charge is 0.393 e. The fourth-order valence-electron chi connectivity index (χ4n) is 8.70. The fraction of sp³-hybridized carbons (Fsp3) is 0.920. The lowest BCUT2D eigenvalue weighted by Gasteiger charge is -2.63. The molecule has 4 N–H and O–H groups in total. The Kier molecular flexibility index (Phi) is 5.61. The zero-order valence-electron chi connectivity index (χ0n) is 19.4. The molecule has 8 atom stereocenters. The number of aliphatic hydroxyl groups is 2. The van der Waals surface area contributed by atoms with Crippen molar-refractivity contribution in [1.82, 2.24) is 10.7 Å². The Bertz CT molecular complexity index is 741.